The van der Waals surface area contributed by atoms with Crippen molar-refractivity contribution in [3.05, 3.63) is 60.2 Å². The van der Waals surface area contributed by atoms with Crippen molar-refractivity contribution in [3.63, 3.8) is 0 Å². The molecule has 2 heterocycles. The van der Waals surface area contributed by atoms with Gasteiger partial charge in [0.15, 0.2) is 0 Å². The number of carbonyl (C=O) groups excluding carboxylic acids is 1. The molecule has 2 aromatic carbocycles. The van der Waals surface area contributed by atoms with Crippen LogP contribution in [0.5, 0.6) is 5.75 Å². The van der Waals surface area contributed by atoms with E-state index in [1.165, 1.54) is 11.3 Å². The maximum absolute atomic E-state index is 12.7. The topological polar surface area (TPSA) is 73.3 Å². The molecule has 1 N–H and O–H groups in total. The summed E-state index contributed by atoms with van der Waals surface area (Å²) in [4.78, 5) is 12.7. The molecule has 1 aliphatic rings. The number of ether oxygens (including phenoxy) is 2. The molecule has 0 radical (unpaired) electrons. The van der Waals surface area contributed by atoms with E-state index in [1.54, 1.807) is 12.1 Å². The van der Waals surface area contributed by atoms with Crippen LogP contribution in [0.25, 0.3) is 10.6 Å². The zero-order chi connectivity index (χ0) is 18.5. The number of benzene rings is 2. The third-order valence-corrected chi connectivity index (χ3v) is 5.13. The predicted molar refractivity (Wildman–Crippen MR) is 104 cm³/mol. The molecule has 3 aromatic rings. The van der Waals surface area contributed by atoms with Gasteiger partial charge in [0.2, 0.25) is 5.13 Å². The van der Waals surface area contributed by atoms with Gasteiger partial charge in [-0.1, -0.05) is 53.8 Å². The lowest BCUT2D eigenvalue weighted by molar-refractivity contribution is 0.0673. The molecule has 4 rings (SSSR count). The Labute approximate surface area is 161 Å². The van der Waals surface area contributed by atoms with E-state index in [1.807, 2.05) is 42.5 Å². The summed E-state index contributed by atoms with van der Waals surface area (Å²) in [5.74, 6) is 0.270. The van der Waals surface area contributed by atoms with Crippen LogP contribution < -0.4 is 10.1 Å². The second-order valence-corrected chi connectivity index (χ2v) is 7.15. The van der Waals surface area contributed by atoms with Gasteiger partial charge in [0, 0.05) is 12.2 Å². The first-order valence-corrected chi connectivity index (χ1v) is 9.65. The zero-order valence-electron chi connectivity index (χ0n) is 14.6. The minimum Gasteiger partial charge on any atom is -0.490 e. The van der Waals surface area contributed by atoms with E-state index in [2.05, 4.69) is 15.5 Å². The van der Waals surface area contributed by atoms with Crippen molar-refractivity contribution in [3.8, 4) is 16.3 Å². The normalized spacial score (nSPS) is 16.2. The van der Waals surface area contributed by atoms with Gasteiger partial charge < -0.3 is 9.47 Å². The number of amides is 1. The molecule has 0 spiro atoms. The smallest absolute Gasteiger partial charge is 0.261 e. The first-order valence-electron chi connectivity index (χ1n) is 8.83. The fraction of sp³-hybridized carbons (Fsp3) is 0.250. The summed E-state index contributed by atoms with van der Waals surface area (Å²) in [7, 11) is 0. The average Bonchev–Trinajstić information content (AvgIpc) is 3.39. The quantitative estimate of drug-likeness (QED) is 0.698. The van der Waals surface area contributed by atoms with E-state index in [0.717, 1.165) is 30.0 Å². The molecule has 0 bridgehead atoms. The van der Waals surface area contributed by atoms with Crippen molar-refractivity contribution in [1.29, 1.82) is 0 Å². The van der Waals surface area contributed by atoms with E-state index >= 15 is 0 Å². The molecule has 1 atom stereocenters. The highest BCUT2D eigenvalue weighted by Crippen LogP contribution is 2.27. The van der Waals surface area contributed by atoms with Crippen LogP contribution in [-0.2, 0) is 4.74 Å². The van der Waals surface area contributed by atoms with Crippen LogP contribution in [-0.4, -0.2) is 35.4 Å². The molecular weight excluding hydrogens is 362 g/mol. The second kappa shape index (κ2) is 8.28. The molecule has 138 valence electrons. The molecular formula is C20H19N3O3S. The maximum atomic E-state index is 12.7. The van der Waals surface area contributed by atoms with Crippen molar-refractivity contribution < 1.29 is 14.3 Å². The van der Waals surface area contributed by atoms with Crippen LogP contribution in [0.3, 0.4) is 0 Å². The fourth-order valence-corrected chi connectivity index (χ4v) is 3.62. The minimum atomic E-state index is -0.270. The molecule has 1 unspecified atom stereocenters. The van der Waals surface area contributed by atoms with Crippen molar-refractivity contribution in [1.82, 2.24) is 10.2 Å². The Bertz CT molecular complexity index is 908. The van der Waals surface area contributed by atoms with Crippen LogP contribution in [0.4, 0.5) is 5.13 Å². The Hall–Kier alpha value is -2.77. The second-order valence-electron chi connectivity index (χ2n) is 6.17. The van der Waals surface area contributed by atoms with Crippen LogP contribution in [0.15, 0.2) is 54.6 Å². The fourth-order valence-electron chi connectivity index (χ4n) is 2.87. The van der Waals surface area contributed by atoms with E-state index in [9.17, 15) is 4.79 Å². The molecule has 6 nitrogen and oxygen atoms in total. The number of nitrogens with zero attached hydrogens (tertiary/aromatic N) is 2. The average molecular weight is 381 g/mol. The van der Waals surface area contributed by atoms with E-state index < -0.39 is 0 Å². The summed E-state index contributed by atoms with van der Waals surface area (Å²) < 4.78 is 11.4. The number of hydrogen-bond donors (Lipinski definition) is 1. The number of nitrogens with one attached hydrogen (secondary N) is 1. The number of hydrogen-bond acceptors (Lipinski definition) is 6. The number of aromatic nitrogens is 2. The van der Waals surface area contributed by atoms with Gasteiger partial charge in [-0.15, -0.1) is 10.2 Å². The predicted octanol–water partition coefficient (Wildman–Crippen LogP) is 4.02. The van der Waals surface area contributed by atoms with E-state index in [4.69, 9.17) is 9.47 Å². The largest absolute Gasteiger partial charge is 0.490 e. The van der Waals surface area contributed by atoms with Crippen LogP contribution in [0.1, 0.15) is 23.2 Å². The number of carbonyl (C=O) groups is 1. The van der Waals surface area contributed by atoms with E-state index in [0.29, 0.717) is 23.1 Å². The van der Waals surface area contributed by atoms with Crippen LogP contribution in [0, 0.1) is 0 Å². The summed E-state index contributed by atoms with van der Waals surface area (Å²) in [5.41, 5.74) is 1.43. The Morgan fingerprint density at radius 3 is 2.78 bits per heavy atom. The third kappa shape index (κ3) is 4.32. The highest BCUT2D eigenvalue weighted by Gasteiger charge is 2.19. The first kappa shape index (κ1) is 17.6. The van der Waals surface area contributed by atoms with Crippen molar-refractivity contribution in [2.24, 2.45) is 0 Å². The van der Waals surface area contributed by atoms with Gasteiger partial charge in [0.1, 0.15) is 17.4 Å². The summed E-state index contributed by atoms with van der Waals surface area (Å²) in [6.07, 6.45) is 2.14. The molecule has 7 heteroatoms. The molecule has 27 heavy (non-hydrogen) atoms. The Morgan fingerprint density at radius 2 is 1.96 bits per heavy atom. The van der Waals surface area contributed by atoms with Crippen LogP contribution in [0.2, 0.25) is 0 Å². The lowest BCUT2D eigenvalue weighted by Crippen LogP contribution is -2.19. The summed E-state index contributed by atoms with van der Waals surface area (Å²) in [5, 5.41) is 12.2. The molecule has 0 saturated carbocycles. The first-order chi connectivity index (χ1) is 13.3. The van der Waals surface area contributed by atoms with Gasteiger partial charge in [0.25, 0.3) is 5.91 Å². The molecule has 1 amide bonds. The van der Waals surface area contributed by atoms with Crippen molar-refractivity contribution >= 4 is 22.4 Å². The maximum Gasteiger partial charge on any atom is 0.261 e. The Morgan fingerprint density at radius 1 is 1.15 bits per heavy atom. The Kier molecular flexibility index (Phi) is 5.41. The number of para-hydroxylation sites is 1. The van der Waals surface area contributed by atoms with Gasteiger partial charge in [0.05, 0.1) is 11.7 Å². The Balaban J connectivity index is 1.44. The summed E-state index contributed by atoms with van der Waals surface area (Å²) in [6.45, 7) is 1.22. The van der Waals surface area contributed by atoms with Crippen LogP contribution >= 0.6 is 11.3 Å². The molecule has 1 fully saturated rings. The van der Waals surface area contributed by atoms with Gasteiger partial charge in [-0.25, -0.2) is 0 Å². The summed E-state index contributed by atoms with van der Waals surface area (Å²) >= 11 is 1.33. The molecule has 1 saturated heterocycles. The van der Waals surface area contributed by atoms with Crippen molar-refractivity contribution in [2.45, 2.75) is 18.9 Å². The van der Waals surface area contributed by atoms with Gasteiger partial charge >= 0.3 is 0 Å². The lowest BCUT2D eigenvalue weighted by atomic mass is 10.2. The third-order valence-electron chi connectivity index (χ3n) is 4.25. The van der Waals surface area contributed by atoms with Gasteiger partial charge in [-0.2, -0.15) is 0 Å². The van der Waals surface area contributed by atoms with Gasteiger partial charge in [-0.05, 0) is 25.0 Å². The number of rotatable bonds is 6. The molecule has 0 aliphatic carbocycles. The van der Waals surface area contributed by atoms with E-state index in [-0.39, 0.29) is 12.0 Å². The van der Waals surface area contributed by atoms with Crippen molar-refractivity contribution in [2.75, 3.05) is 18.5 Å². The molecule has 1 aromatic heterocycles. The molecule has 1 aliphatic heterocycles. The standard InChI is InChI=1S/C20H19N3O3S/c24-18(21-20-23-22-19(27-20)14-7-2-1-3-8-14)16-10-4-5-11-17(16)26-13-15-9-6-12-25-15/h1-5,7-8,10-11,15H,6,9,12-13H2,(H,21,23,24). The highest BCUT2D eigenvalue weighted by atomic mass is 32.1. The monoisotopic (exact) mass is 381 g/mol. The SMILES string of the molecule is O=C(Nc1nnc(-c2ccccc2)s1)c1ccccc1OCC1CCCO1. The zero-order valence-corrected chi connectivity index (χ0v) is 15.4. The summed E-state index contributed by atoms with van der Waals surface area (Å²) in [6, 6.07) is 16.9. The number of anilines is 1. The highest BCUT2D eigenvalue weighted by molar-refractivity contribution is 7.18. The minimum absolute atomic E-state index is 0.0951. The van der Waals surface area contributed by atoms with Gasteiger partial charge in [-0.3, -0.25) is 10.1 Å². The lowest BCUT2D eigenvalue weighted by Gasteiger charge is -2.14.